The first-order valence-electron chi connectivity index (χ1n) is 13.9. The molecule has 7 atom stereocenters. The highest BCUT2D eigenvalue weighted by Gasteiger charge is 2.71. The van der Waals surface area contributed by atoms with Crippen molar-refractivity contribution in [1.82, 2.24) is 20.0 Å². The maximum absolute atomic E-state index is 15.2. The number of halogens is 1. The SMILES string of the molecule is C[C@H]1[C@H]2[C@H]3C[C@@H]([C@@H]12)N(C(=O)OC(C)(C)C)[C@@H]3C(=O)N[C@H](C#N)Cc1ccc(-c2ccc3cn(C)nc3c2)cc1F. The Labute approximate surface area is 233 Å². The predicted octanol–water partition coefficient (Wildman–Crippen LogP) is 4.82. The number of aromatic nitrogens is 2. The number of nitrogens with one attached hydrogen (secondary N) is 1. The van der Waals surface area contributed by atoms with Crippen molar-refractivity contribution >= 4 is 22.9 Å². The van der Waals surface area contributed by atoms with Gasteiger partial charge in [0.2, 0.25) is 5.91 Å². The number of nitrogens with zero attached hydrogens (tertiary/aromatic N) is 4. The fourth-order valence-corrected chi connectivity index (χ4v) is 7.15. The minimum atomic E-state index is -0.940. The van der Waals surface area contributed by atoms with Gasteiger partial charge in [-0.2, -0.15) is 10.4 Å². The molecule has 208 valence electrons. The third-order valence-corrected chi connectivity index (χ3v) is 8.81. The molecule has 1 aromatic heterocycles. The molecule has 2 saturated carbocycles. The molecule has 0 radical (unpaired) electrons. The molecular formula is C31H34FN5O3. The lowest BCUT2D eigenvalue weighted by molar-refractivity contribution is -0.128. The van der Waals surface area contributed by atoms with E-state index >= 15 is 4.39 Å². The van der Waals surface area contributed by atoms with Gasteiger partial charge in [-0.1, -0.05) is 31.2 Å². The van der Waals surface area contributed by atoms with E-state index in [1.807, 2.05) is 37.5 Å². The van der Waals surface area contributed by atoms with Gasteiger partial charge in [-0.15, -0.1) is 0 Å². The van der Waals surface area contributed by atoms with Gasteiger partial charge in [0.15, 0.2) is 0 Å². The van der Waals surface area contributed by atoms with Gasteiger partial charge in [-0.3, -0.25) is 14.4 Å². The molecule has 2 aromatic carbocycles. The Bertz CT molecular complexity index is 1550. The lowest BCUT2D eigenvalue weighted by Crippen LogP contribution is -2.56. The zero-order valence-corrected chi connectivity index (χ0v) is 23.4. The first kappa shape index (κ1) is 26.3. The van der Waals surface area contributed by atoms with Crippen LogP contribution in [0.4, 0.5) is 9.18 Å². The maximum atomic E-state index is 15.2. The number of likely N-dealkylation sites (tertiary alicyclic amines) is 1. The van der Waals surface area contributed by atoms with Crippen molar-refractivity contribution in [2.24, 2.45) is 30.7 Å². The van der Waals surface area contributed by atoms with Crippen LogP contribution in [0.15, 0.2) is 42.6 Å². The van der Waals surface area contributed by atoms with Crippen LogP contribution in [0.3, 0.4) is 0 Å². The number of carbonyl (C=O) groups is 2. The Morgan fingerprint density at radius 3 is 2.62 bits per heavy atom. The number of fused-ring (bicyclic) bond motifs is 6. The minimum Gasteiger partial charge on any atom is -0.444 e. The highest BCUT2D eigenvalue weighted by molar-refractivity contribution is 5.88. The fourth-order valence-electron chi connectivity index (χ4n) is 7.15. The van der Waals surface area contributed by atoms with Crippen LogP contribution in [0.1, 0.15) is 39.7 Å². The van der Waals surface area contributed by atoms with E-state index in [0.717, 1.165) is 22.9 Å². The molecule has 40 heavy (non-hydrogen) atoms. The molecule has 0 unspecified atom stereocenters. The Hall–Kier alpha value is -3.93. The quantitative estimate of drug-likeness (QED) is 0.497. The number of rotatable bonds is 5. The van der Waals surface area contributed by atoms with Crippen LogP contribution in [0.25, 0.3) is 22.0 Å². The first-order chi connectivity index (χ1) is 18.9. The second-order valence-corrected chi connectivity index (χ2v) is 12.6. The van der Waals surface area contributed by atoms with Gasteiger partial charge in [0.1, 0.15) is 23.5 Å². The number of amides is 2. The molecule has 3 aromatic rings. The number of nitriles is 1. The summed E-state index contributed by atoms with van der Waals surface area (Å²) in [5.41, 5.74) is 2.02. The molecular weight excluding hydrogens is 509 g/mol. The highest BCUT2D eigenvalue weighted by atomic mass is 19.1. The monoisotopic (exact) mass is 543 g/mol. The van der Waals surface area contributed by atoms with Crippen LogP contribution >= 0.6 is 0 Å². The van der Waals surface area contributed by atoms with E-state index in [1.165, 1.54) is 6.07 Å². The summed E-state index contributed by atoms with van der Waals surface area (Å²) in [4.78, 5) is 28.3. The Balaban J connectivity index is 1.17. The normalized spacial score (nSPS) is 27.3. The summed E-state index contributed by atoms with van der Waals surface area (Å²) in [5, 5.41) is 18.1. The van der Waals surface area contributed by atoms with Gasteiger partial charge in [0.05, 0.1) is 11.6 Å². The molecule has 2 bridgehead atoms. The van der Waals surface area contributed by atoms with Gasteiger partial charge in [0.25, 0.3) is 0 Å². The van der Waals surface area contributed by atoms with Crippen LogP contribution in [0, 0.1) is 40.8 Å². The maximum Gasteiger partial charge on any atom is 0.411 e. The van der Waals surface area contributed by atoms with E-state index in [9.17, 15) is 14.9 Å². The highest BCUT2D eigenvalue weighted by Crippen LogP contribution is 2.67. The minimum absolute atomic E-state index is 0.0172. The van der Waals surface area contributed by atoms with E-state index in [2.05, 4.69) is 23.4 Å². The second kappa shape index (κ2) is 9.33. The number of aryl methyl sites for hydroxylation is 1. The molecule has 0 spiro atoms. The number of hydrogen-bond acceptors (Lipinski definition) is 5. The molecule has 2 aliphatic carbocycles. The average molecular weight is 544 g/mol. The standard InChI is InChI=1S/C31H34FN5O3/c1-16-26-22-13-25(27(16)26)37(30(39)40-31(2,3)4)28(22)29(38)34-21(14-33)10-19-8-6-17(11-23(19)32)18-7-9-20-15-36(5)35-24(20)12-18/h6-9,11-12,15-16,21-22,25-28H,10,13H2,1-5H3,(H,34,38)/t16-,21-,22+,25-,26-,27+,28-/m0/s1. The van der Waals surface area contributed by atoms with Crippen LogP contribution in [-0.4, -0.2) is 50.4 Å². The van der Waals surface area contributed by atoms with Gasteiger partial charge in [-0.25, -0.2) is 9.18 Å². The summed E-state index contributed by atoms with van der Waals surface area (Å²) < 4.78 is 22.6. The Kier molecular flexibility index (Phi) is 6.13. The smallest absolute Gasteiger partial charge is 0.411 e. The lowest BCUT2D eigenvalue weighted by atomic mass is 9.94. The van der Waals surface area contributed by atoms with Gasteiger partial charge in [-0.05, 0) is 79.7 Å². The molecule has 3 aliphatic rings. The molecule has 9 heteroatoms. The van der Waals surface area contributed by atoms with E-state index in [-0.39, 0.29) is 24.3 Å². The van der Waals surface area contributed by atoms with Crippen molar-refractivity contribution in [2.45, 2.75) is 64.3 Å². The van der Waals surface area contributed by atoms with E-state index in [0.29, 0.717) is 28.9 Å². The Morgan fingerprint density at radius 1 is 1.20 bits per heavy atom. The molecule has 3 fully saturated rings. The summed E-state index contributed by atoms with van der Waals surface area (Å²) in [6.07, 6.45) is 2.22. The third-order valence-electron chi connectivity index (χ3n) is 8.81. The third kappa shape index (κ3) is 4.49. The molecule has 2 amide bonds. The zero-order valence-electron chi connectivity index (χ0n) is 23.4. The van der Waals surface area contributed by atoms with Crippen molar-refractivity contribution < 1.29 is 18.7 Å². The molecule has 6 rings (SSSR count). The van der Waals surface area contributed by atoms with Gasteiger partial charge < -0.3 is 10.1 Å². The summed E-state index contributed by atoms with van der Waals surface area (Å²) in [6, 6.07) is 11.2. The average Bonchev–Trinajstić information content (AvgIpc) is 3.20. The van der Waals surface area contributed by atoms with Crippen LogP contribution in [-0.2, 0) is 23.0 Å². The van der Waals surface area contributed by atoms with Crippen molar-refractivity contribution in [3.63, 3.8) is 0 Å². The zero-order chi connectivity index (χ0) is 28.5. The van der Waals surface area contributed by atoms with E-state index in [1.54, 1.807) is 36.4 Å². The topological polar surface area (TPSA) is 100 Å². The van der Waals surface area contributed by atoms with Crippen molar-refractivity contribution in [3.05, 3.63) is 54.0 Å². The number of hydrogen-bond donors (Lipinski definition) is 1. The van der Waals surface area contributed by atoms with Crippen molar-refractivity contribution in [2.75, 3.05) is 0 Å². The number of carbonyl (C=O) groups excluding carboxylic acids is 2. The van der Waals surface area contributed by atoms with E-state index in [4.69, 9.17) is 4.74 Å². The summed E-state index contributed by atoms with van der Waals surface area (Å²) >= 11 is 0. The summed E-state index contributed by atoms with van der Waals surface area (Å²) in [7, 11) is 1.86. The van der Waals surface area contributed by atoms with Gasteiger partial charge >= 0.3 is 6.09 Å². The summed E-state index contributed by atoms with van der Waals surface area (Å²) in [5.74, 6) is 0.504. The predicted molar refractivity (Wildman–Crippen MR) is 147 cm³/mol. The Morgan fingerprint density at radius 2 is 1.93 bits per heavy atom. The molecule has 1 saturated heterocycles. The number of benzene rings is 2. The second-order valence-electron chi connectivity index (χ2n) is 12.6. The van der Waals surface area contributed by atoms with Crippen molar-refractivity contribution in [3.8, 4) is 17.2 Å². The lowest BCUT2D eigenvalue weighted by Gasteiger charge is -2.35. The van der Waals surface area contributed by atoms with Crippen molar-refractivity contribution in [1.29, 1.82) is 5.26 Å². The number of piperidine rings is 1. The van der Waals surface area contributed by atoms with Gasteiger partial charge in [0, 0.05) is 31.1 Å². The number of ether oxygens (including phenoxy) is 1. The molecule has 8 nitrogen and oxygen atoms in total. The van der Waals surface area contributed by atoms with Crippen LogP contribution < -0.4 is 5.32 Å². The fraction of sp³-hybridized carbons (Fsp3) is 0.484. The first-order valence-corrected chi connectivity index (χ1v) is 13.9. The van der Waals surface area contributed by atoms with E-state index < -0.39 is 29.6 Å². The molecule has 1 aliphatic heterocycles. The summed E-state index contributed by atoms with van der Waals surface area (Å²) in [6.45, 7) is 7.58. The molecule has 1 N–H and O–H groups in total. The van der Waals surface area contributed by atoms with Crippen LogP contribution in [0.2, 0.25) is 0 Å². The largest absolute Gasteiger partial charge is 0.444 e. The van der Waals surface area contributed by atoms with Crippen LogP contribution in [0.5, 0.6) is 0 Å². The molecule has 2 heterocycles.